The maximum absolute atomic E-state index is 14.0. The molecule has 0 aliphatic heterocycles. The first-order valence-electron chi connectivity index (χ1n) is 6.31. The van der Waals surface area contributed by atoms with Crippen molar-refractivity contribution in [3.63, 3.8) is 0 Å². The molecule has 1 N–H and O–H groups in total. The Morgan fingerprint density at radius 3 is 2.85 bits per heavy atom. The molecule has 0 saturated heterocycles. The number of hydrogen-bond donors (Lipinski definition) is 1. The molecule has 1 heterocycles. The summed E-state index contributed by atoms with van der Waals surface area (Å²) in [4.78, 5) is 0. The molecule has 1 aromatic heterocycles. The first-order chi connectivity index (χ1) is 9.58. The Morgan fingerprint density at radius 1 is 1.50 bits per heavy atom. The van der Waals surface area contributed by atoms with Crippen LogP contribution in [0.25, 0.3) is 0 Å². The summed E-state index contributed by atoms with van der Waals surface area (Å²) in [5.74, 6) is -0.0218. The molecule has 20 heavy (non-hydrogen) atoms. The minimum Gasteiger partial charge on any atom is -0.493 e. The van der Waals surface area contributed by atoms with Crippen molar-refractivity contribution in [2.24, 2.45) is 0 Å². The number of rotatable bonds is 5. The zero-order chi connectivity index (χ0) is 14.7. The molecule has 108 valence electrons. The Kier molecular flexibility index (Phi) is 4.77. The van der Waals surface area contributed by atoms with Gasteiger partial charge >= 0.3 is 0 Å². The van der Waals surface area contributed by atoms with Crippen LogP contribution in [0.2, 0.25) is 0 Å². The predicted octanol–water partition coefficient (Wildman–Crippen LogP) is 3.29. The number of halogens is 2. The molecule has 6 heteroatoms. The second-order valence-corrected chi connectivity index (χ2v) is 5.31. The van der Waals surface area contributed by atoms with E-state index in [2.05, 4.69) is 21.0 Å². The molecule has 0 bridgehead atoms. The van der Waals surface area contributed by atoms with E-state index in [9.17, 15) is 9.50 Å². The summed E-state index contributed by atoms with van der Waals surface area (Å²) in [7, 11) is 1.50. The summed E-state index contributed by atoms with van der Waals surface area (Å²) >= 11 is 3.20. The van der Waals surface area contributed by atoms with Gasteiger partial charge < -0.3 is 9.84 Å². The maximum Gasteiger partial charge on any atom is 0.163 e. The van der Waals surface area contributed by atoms with E-state index >= 15 is 0 Å². The molecule has 0 saturated carbocycles. The van der Waals surface area contributed by atoms with Gasteiger partial charge in [0.05, 0.1) is 13.3 Å². The van der Waals surface area contributed by atoms with E-state index in [1.165, 1.54) is 19.4 Å². The average Bonchev–Trinajstić information content (AvgIpc) is 2.81. The highest BCUT2D eigenvalue weighted by atomic mass is 79.9. The van der Waals surface area contributed by atoms with E-state index in [0.717, 1.165) is 6.42 Å². The van der Waals surface area contributed by atoms with Crippen LogP contribution < -0.4 is 4.74 Å². The lowest BCUT2D eigenvalue weighted by atomic mass is 10.1. The first kappa shape index (κ1) is 15.0. The molecule has 1 atom stereocenters. The van der Waals surface area contributed by atoms with E-state index in [1.807, 2.05) is 6.92 Å². The Labute approximate surface area is 125 Å². The van der Waals surface area contributed by atoms with Gasteiger partial charge in [-0.1, -0.05) is 28.9 Å². The van der Waals surface area contributed by atoms with Gasteiger partial charge in [0.15, 0.2) is 5.75 Å². The monoisotopic (exact) mass is 342 g/mol. The highest BCUT2D eigenvalue weighted by molar-refractivity contribution is 9.10. The molecule has 2 aromatic rings. The first-order valence-corrected chi connectivity index (χ1v) is 7.10. The molecule has 1 unspecified atom stereocenters. The fourth-order valence-electron chi connectivity index (χ4n) is 2.07. The van der Waals surface area contributed by atoms with Crippen LogP contribution in [-0.4, -0.2) is 22.0 Å². The molecule has 0 fully saturated rings. The van der Waals surface area contributed by atoms with E-state index in [0.29, 0.717) is 22.5 Å². The average molecular weight is 343 g/mol. The number of aryl methyl sites for hydroxylation is 1. The van der Waals surface area contributed by atoms with Crippen LogP contribution in [0, 0.1) is 5.82 Å². The quantitative estimate of drug-likeness (QED) is 0.906. The topological polar surface area (TPSA) is 47.3 Å². The number of aliphatic hydroxyl groups is 1. The molecule has 0 spiro atoms. The van der Waals surface area contributed by atoms with Crippen molar-refractivity contribution >= 4 is 15.9 Å². The Bertz CT molecular complexity index is 601. The van der Waals surface area contributed by atoms with Crippen LogP contribution in [0.3, 0.4) is 0 Å². The van der Waals surface area contributed by atoms with Crippen molar-refractivity contribution in [3.05, 3.63) is 45.9 Å². The summed E-state index contributed by atoms with van der Waals surface area (Å²) in [5, 5.41) is 14.6. The number of nitrogens with zero attached hydrogens (tertiary/aromatic N) is 2. The van der Waals surface area contributed by atoms with Crippen molar-refractivity contribution in [1.29, 1.82) is 0 Å². The van der Waals surface area contributed by atoms with E-state index < -0.39 is 11.9 Å². The zero-order valence-corrected chi connectivity index (χ0v) is 12.9. The molecule has 4 nitrogen and oxygen atoms in total. The smallest absolute Gasteiger partial charge is 0.163 e. The Hall–Kier alpha value is -1.40. The number of benzene rings is 1. The molecule has 0 amide bonds. The van der Waals surface area contributed by atoms with Crippen LogP contribution in [0.5, 0.6) is 5.75 Å². The van der Waals surface area contributed by atoms with Crippen LogP contribution in [0.15, 0.2) is 28.9 Å². The molecule has 0 radical (unpaired) electrons. The van der Waals surface area contributed by atoms with Gasteiger partial charge in [0, 0.05) is 16.6 Å². The van der Waals surface area contributed by atoms with Crippen molar-refractivity contribution in [1.82, 2.24) is 9.78 Å². The second-order valence-electron chi connectivity index (χ2n) is 4.39. The summed E-state index contributed by atoms with van der Waals surface area (Å²) < 4.78 is 21.5. The molecule has 0 aliphatic rings. The van der Waals surface area contributed by atoms with Crippen molar-refractivity contribution in [2.45, 2.75) is 26.0 Å². The Balaban J connectivity index is 2.46. The second kappa shape index (κ2) is 6.37. The summed E-state index contributed by atoms with van der Waals surface area (Å²) in [5.41, 5.74) is 0.667. The lowest BCUT2D eigenvalue weighted by molar-refractivity contribution is 0.197. The summed E-state index contributed by atoms with van der Waals surface area (Å²) in [6.45, 7) is 2.64. The van der Waals surface area contributed by atoms with Gasteiger partial charge in [0.2, 0.25) is 0 Å². The highest BCUT2D eigenvalue weighted by Crippen LogP contribution is 2.32. The fourth-order valence-corrected chi connectivity index (χ4v) is 2.40. The number of aliphatic hydroxyl groups excluding tert-OH is 1. The molecule has 1 aromatic carbocycles. The number of methoxy groups -OCH3 is 1. The zero-order valence-electron chi connectivity index (χ0n) is 11.3. The number of ether oxygens (including phenoxy) is 1. The van der Waals surface area contributed by atoms with Gasteiger partial charge in [-0.3, -0.25) is 4.68 Å². The van der Waals surface area contributed by atoms with E-state index in [4.69, 9.17) is 4.74 Å². The lowest BCUT2D eigenvalue weighted by Crippen LogP contribution is -2.12. The third-order valence-corrected chi connectivity index (χ3v) is 3.51. The molecule has 2 rings (SSSR count). The predicted molar refractivity (Wildman–Crippen MR) is 77.2 cm³/mol. The van der Waals surface area contributed by atoms with Crippen LogP contribution in [0.1, 0.15) is 30.7 Å². The lowest BCUT2D eigenvalue weighted by Gasteiger charge is -2.16. The molecular weight excluding hydrogens is 327 g/mol. The van der Waals surface area contributed by atoms with Gasteiger partial charge in [0.25, 0.3) is 0 Å². The van der Waals surface area contributed by atoms with Gasteiger partial charge in [0.1, 0.15) is 17.6 Å². The number of hydrogen-bond acceptors (Lipinski definition) is 3. The summed E-state index contributed by atoms with van der Waals surface area (Å²) in [6.07, 6.45) is 1.27. The Morgan fingerprint density at radius 2 is 2.25 bits per heavy atom. The van der Waals surface area contributed by atoms with Crippen molar-refractivity contribution in [3.8, 4) is 5.75 Å². The standard InChI is InChI=1S/C14H16BrFN2O2/c1-3-6-18-13(12(20-2)8-17-18)14(19)10-5-4-9(15)7-11(10)16/h4-5,7-8,14,19H,3,6H2,1-2H3. The van der Waals surface area contributed by atoms with Crippen LogP contribution >= 0.6 is 15.9 Å². The van der Waals surface area contributed by atoms with Gasteiger partial charge in [-0.15, -0.1) is 0 Å². The van der Waals surface area contributed by atoms with E-state index in [1.54, 1.807) is 16.8 Å². The van der Waals surface area contributed by atoms with Gasteiger partial charge in [-0.25, -0.2) is 4.39 Å². The van der Waals surface area contributed by atoms with Gasteiger partial charge in [-0.2, -0.15) is 5.10 Å². The maximum atomic E-state index is 14.0. The van der Waals surface area contributed by atoms with E-state index in [-0.39, 0.29) is 5.56 Å². The highest BCUT2D eigenvalue weighted by Gasteiger charge is 2.23. The van der Waals surface area contributed by atoms with Crippen LogP contribution in [-0.2, 0) is 6.54 Å². The van der Waals surface area contributed by atoms with Crippen molar-refractivity contribution in [2.75, 3.05) is 7.11 Å². The molecule has 0 aliphatic carbocycles. The van der Waals surface area contributed by atoms with Crippen molar-refractivity contribution < 1.29 is 14.2 Å². The minimum absolute atomic E-state index is 0.198. The third kappa shape index (κ3) is 2.86. The summed E-state index contributed by atoms with van der Waals surface area (Å²) in [6, 6.07) is 4.56. The van der Waals surface area contributed by atoms with Crippen LogP contribution in [0.4, 0.5) is 4.39 Å². The fraction of sp³-hybridized carbons (Fsp3) is 0.357. The largest absolute Gasteiger partial charge is 0.493 e. The minimum atomic E-state index is -1.12. The normalized spacial score (nSPS) is 12.4. The number of aromatic nitrogens is 2. The third-order valence-electron chi connectivity index (χ3n) is 3.02. The van der Waals surface area contributed by atoms with Gasteiger partial charge in [-0.05, 0) is 18.6 Å². The molecular formula is C14H16BrFN2O2. The SMILES string of the molecule is CCCn1ncc(OC)c1C(O)c1ccc(Br)cc1F.